The van der Waals surface area contributed by atoms with Gasteiger partial charge in [0.15, 0.2) is 5.82 Å². The highest BCUT2D eigenvalue weighted by atomic mass is 35.5. The monoisotopic (exact) mass is 473 g/mol. The number of hydrogen-bond acceptors (Lipinski definition) is 6. The Morgan fingerprint density at radius 2 is 1.79 bits per heavy atom. The Balaban J connectivity index is 1.62. The van der Waals surface area contributed by atoms with Gasteiger partial charge in [-0.05, 0) is 48.9 Å². The topological polar surface area (TPSA) is 98.5 Å². The Labute approximate surface area is 190 Å². The molecule has 168 valence electrons. The van der Waals surface area contributed by atoms with Gasteiger partial charge >= 0.3 is 6.18 Å². The van der Waals surface area contributed by atoms with Crippen LogP contribution in [-0.2, 0) is 6.18 Å². The van der Waals surface area contributed by atoms with Gasteiger partial charge < -0.3 is 5.32 Å². The maximum absolute atomic E-state index is 13.5. The quantitative estimate of drug-likeness (QED) is 0.434. The lowest BCUT2D eigenvalue weighted by molar-refractivity contribution is -0.137. The van der Waals surface area contributed by atoms with Crippen molar-refractivity contribution in [2.75, 3.05) is 0 Å². The zero-order valence-electron chi connectivity index (χ0n) is 17.0. The first-order valence-corrected chi connectivity index (χ1v) is 9.93. The maximum atomic E-state index is 13.5. The summed E-state index contributed by atoms with van der Waals surface area (Å²) in [6.07, 6.45) is 1.20. The van der Waals surface area contributed by atoms with Crippen LogP contribution in [0.25, 0.3) is 17.1 Å². The lowest BCUT2D eigenvalue weighted by Gasteiger charge is -2.15. The van der Waals surface area contributed by atoms with Crippen LogP contribution in [0.4, 0.5) is 13.2 Å². The van der Waals surface area contributed by atoms with Crippen molar-refractivity contribution in [3.8, 4) is 17.1 Å². The molecule has 1 unspecified atom stereocenters. The number of amides is 1. The van der Waals surface area contributed by atoms with Crippen molar-refractivity contribution >= 4 is 17.5 Å². The molecule has 1 aromatic carbocycles. The molecule has 4 rings (SSSR count). The van der Waals surface area contributed by atoms with E-state index in [0.29, 0.717) is 0 Å². The summed E-state index contributed by atoms with van der Waals surface area (Å²) < 4.78 is 41.8. The molecular formula is C21H15ClF3N7O. The van der Waals surface area contributed by atoms with Crippen LogP contribution in [-0.4, -0.2) is 35.6 Å². The zero-order valence-corrected chi connectivity index (χ0v) is 17.7. The minimum atomic E-state index is -4.67. The number of aromatic nitrogens is 6. The van der Waals surface area contributed by atoms with Crippen molar-refractivity contribution in [1.29, 1.82) is 0 Å². The third-order valence-corrected chi connectivity index (χ3v) is 4.90. The molecule has 1 N–H and O–H groups in total. The van der Waals surface area contributed by atoms with E-state index in [1.807, 2.05) is 0 Å². The summed E-state index contributed by atoms with van der Waals surface area (Å²) in [4.78, 5) is 29.0. The van der Waals surface area contributed by atoms with Crippen LogP contribution < -0.4 is 5.32 Å². The van der Waals surface area contributed by atoms with E-state index in [9.17, 15) is 18.0 Å². The van der Waals surface area contributed by atoms with Crippen LogP contribution in [0, 0.1) is 0 Å². The van der Waals surface area contributed by atoms with E-state index in [1.165, 1.54) is 41.7 Å². The van der Waals surface area contributed by atoms with Gasteiger partial charge in [0.25, 0.3) is 11.9 Å². The molecule has 0 aliphatic heterocycles. The van der Waals surface area contributed by atoms with E-state index in [0.717, 1.165) is 12.1 Å². The summed E-state index contributed by atoms with van der Waals surface area (Å²) >= 11 is 6.05. The summed E-state index contributed by atoms with van der Waals surface area (Å²) in [6.45, 7) is 1.61. The summed E-state index contributed by atoms with van der Waals surface area (Å²) in [5, 5.41) is 6.86. The van der Waals surface area contributed by atoms with Crippen LogP contribution >= 0.6 is 11.6 Å². The normalized spacial score (nSPS) is 12.4. The van der Waals surface area contributed by atoms with E-state index < -0.39 is 23.7 Å². The first-order chi connectivity index (χ1) is 15.7. The average Bonchev–Trinajstić information content (AvgIpc) is 3.30. The second-order valence-corrected chi connectivity index (χ2v) is 7.29. The predicted octanol–water partition coefficient (Wildman–Crippen LogP) is 4.28. The lowest BCUT2D eigenvalue weighted by Crippen LogP contribution is -2.28. The maximum Gasteiger partial charge on any atom is 0.416 e. The molecule has 3 heterocycles. The third-order valence-electron chi connectivity index (χ3n) is 4.59. The van der Waals surface area contributed by atoms with Crippen molar-refractivity contribution < 1.29 is 18.0 Å². The molecule has 0 saturated carbocycles. The largest absolute Gasteiger partial charge is 0.416 e. The van der Waals surface area contributed by atoms with E-state index in [2.05, 4.69) is 30.4 Å². The van der Waals surface area contributed by atoms with Gasteiger partial charge in [0, 0.05) is 29.7 Å². The van der Waals surface area contributed by atoms with Gasteiger partial charge in [0.05, 0.1) is 11.6 Å². The van der Waals surface area contributed by atoms with E-state index >= 15 is 0 Å². The van der Waals surface area contributed by atoms with Gasteiger partial charge in [0.1, 0.15) is 11.5 Å². The minimum Gasteiger partial charge on any atom is -0.342 e. The second-order valence-electron chi connectivity index (χ2n) is 6.93. The smallest absolute Gasteiger partial charge is 0.342 e. The highest BCUT2D eigenvalue weighted by Crippen LogP contribution is 2.35. The first-order valence-electron chi connectivity index (χ1n) is 9.55. The molecule has 0 saturated heterocycles. The molecule has 3 aromatic heterocycles. The summed E-state index contributed by atoms with van der Waals surface area (Å²) in [5.74, 6) is -0.217. The molecule has 0 aliphatic rings. The molecule has 0 aliphatic carbocycles. The van der Waals surface area contributed by atoms with Crippen LogP contribution in [0.3, 0.4) is 0 Å². The van der Waals surface area contributed by atoms with Crippen molar-refractivity contribution in [2.45, 2.75) is 19.1 Å². The van der Waals surface area contributed by atoms with E-state index in [-0.39, 0.29) is 33.6 Å². The molecule has 0 fully saturated rings. The number of carbonyl (C=O) groups is 1. The molecule has 1 amide bonds. The van der Waals surface area contributed by atoms with Gasteiger partial charge in [-0.2, -0.15) is 17.9 Å². The molecule has 0 radical (unpaired) electrons. The molecule has 8 nitrogen and oxygen atoms in total. The van der Waals surface area contributed by atoms with E-state index in [4.69, 9.17) is 11.6 Å². The van der Waals surface area contributed by atoms with E-state index in [1.54, 1.807) is 19.1 Å². The molecule has 0 spiro atoms. The number of hydrogen-bond donors (Lipinski definition) is 1. The number of alkyl halides is 3. The van der Waals surface area contributed by atoms with Gasteiger partial charge in [-0.25, -0.2) is 19.9 Å². The number of halogens is 4. The van der Waals surface area contributed by atoms with Crippen molar-refractivity contribution in [3.63, 3.8) is 0 Å². The van der Waals surface area contributed by atoms with Crippen molar-refractivity contribution in [2.24, 2.45) is 0 Å². The fourth-order valence-corrected chi connectivity index (χ4v) is 3.23. The van der Waals surface area contributed by atoms with Crippen LogP contribution in [0.15, 0.2) is 61.3 Å². The summed E-state index contributed by atoms with van der Waals surface area (Å²) in [6, 6.07) is 7.03. The summed E-state index contributed by atoms with van der Waals surface area (Å²) in [5.41, 5.74) is -0.793. The highest BCUT2D eigenvalue weighted by molar-refractivity contribution is 6.32. The first kappa shape index (κ1) is 22.3. The Kier molecular flexibility index (Phi) is 6.05. The average molecular weight is 474 g/mol. The standard InChI is InChI=1S/C21H15ClF3N7O/c1-12(18-29-11-32(31-18)20-27-6-3-7-28-20)30-19(33)14-8-13(9-15(10-14)21(23,24)25)16-4-2-5-26-17(16)22/h2-12H,1H3,(H,30,33). The second kappa shape index (κ2) is 8.94. The zero-order chi connectivity index (χ0) is 23.6. The van der Waals surface area contributed by atoms with Crippen LogP contribution in [0.1, 0.15) is 34.7 Å². The molecule has 33 heavy (non-hydrogen) atoms. The van der Waals surface area contributed by atoms with Gasteiger partial charge in [-0.3, -0.25) is 4.79 Å². The van der Waals surface area contributed by atoms with Crippen molar-refractivity contribution in [3.05, 3.63) is 83.4 Å². The number of pyridine rings is 1. The summed E-state index contributed by atoms with van der Waals surface area (Å²) in [7, 11) is 0. The fraction of sp³-hybridized carbons (Fsp3) is 0.143. The van der Waals surface area contributed by atoms with Gasteiger partial charge in [-0.15, -0.1) is 5.10 Å². The van der Waals surface area contributed by atoms with Gasteiger partial charge in [0.2, 0.25) is 0 Å². The highest BCUT2D eigenvalue weighted by Gasteiger charge is 2.32. The van der Waals surface area contributed by atoms with Gasteiger partial charge in [-0.1, -0.05) is 11.6 Å². The Hall–Kier alpha value is -3.86. The molecule has 4 aromatic rings. The molecule has 1 atom stereocenters. The number of nitrogens with one attached hydrogen (secondary N) is 1. The van der Waals surface area contributed by atoms with Crippen LogP contribution in [0.2, 0.25) is 5.15 Å². The van der Waals surface area contributed by atoms with Crippen molar-refractivity contribution in [1.82, 2.24) is 35.0 Å². The minimum absolute atomic E-state index is 0.0226. The predicted molar refractivity (Wildman–Crippen MR) is 113 cm³/mol. The number of benzene rings is 1. The molecular weight excluding hydrogens is 459 g/mol. The lowest BCUT2D eigenvalue weighted by atomic mass is 10.00. The van der Waals surface area contributed by atoms with Crippen LogP contribution in [0.5, 0.6) is 0 Å². The SMILES string of the molecule is CC(NC(=O)c1cc(-c2cccnc2Cl)cc(C(F)(F)F)c1)c1ncn(-c2ncccn2)n1. The number of carbonyl (C=O) groups excluding carboxylic acids is 1. The molecule has 0 bridgehead atoms. The Bertz CT molecular complexity index is 1290. The number of rotatable bonds is 5. The molecule has 12 heteroatoms. The fourth-order valence-electron chi connectivity index (χ4n) is 3.00. The Morgan fingerprint density at radius 3 is 2.48 bits per heavy atom. The Morgan fingerprint density at radius 1 is 1.06 bits per heavy atom. The third kappa shape index (κ3) is 4.98. The number of nitrogens with zero attached hydrogens (tertiary/aromatic N) is 6.